The predicted molar refractivity (Wildman–Crippen MR) is 55.8 cm³/mol. The van der Waals surface area contributed by atoms with Gasteiger partial charge in [-0.2, -0.15) is 5.10 Å². The van der Waals surface area contributed by atoms with Gasteiger partial charge in [0.25, 0.3) is 0 Å². The fourth-order valence-electron chi connectivity index (χ4n) is 1.55. The van der Waals surface area contributed by atoms with Gasteiger partial charge in [0.05, 0.1) is 11.9 Å². The van der Waals surface area contributed by atoms with Crippen LogP contribution in [0.4, 0.5) is 5.69 Å². The Morgan fingerprint density at radius 1 is 1.38 bits per heavy atom. The standard InChI is InChI=1S/C10H19N3/c1-3-5-9(6-4-2)13-10-7-11-12-8-10/h7-9,13H,3-6H2,1-2H3,(H,11,12). The fraction of sp³-hybridized carbons (Fsp3) is 0.700. The first-order valence-electron chi connectivity index (χ1n) is 5.12. The number of rotatable bonds is 6. The Balaban J connectivity index is 2.37. The van der Waals surface area contributed by atoms with Gasteiger partial charge in [0.1, 0.15) is 0 Å². The Morgan fingerprint density at radius 3 is 2.54 bits per heavy atom. The molecular formula is C10H19N3. The molecule has 0 spiro atoms. The molecule has 3 nitrogen and oxygen atoms in total. The van der Waals surface area contributed by atoms with Crippen LogP contribution < -0.4 is 5.32 Å². The van der Waals surface area contributed by atoms with Crippen molar-refractivity contribution in [1.29, 1.82) is 0 Å². The quantitative estimate of drug-likeness (QED) is 0.708. The first kappa shape index (κ1) is 10.1. The summed E-state index contributed by atoms with van der Waals surface area (Å²) in [7, 11) is 0. The molecule has 1 aromatic rings. The minimum absolute atomic E-state index is 0.604. The molecule has 74 valence electrons. The van der Waals surface area contributed by atoms with E-state index in [4.69, 9.17) is 0 Å². The number of anilines is 1. The highest BCUT2D eigenvalue weighted by Gasteiger charge is 2.05. The molecule has 0 bridgehead atoms. The van der Waals surface area contributed by atoms with Crippen LogP contribution in [0.15, 0.2) is 12.4 Å². The second kappa shape index (κ2) is 5.62. The van der Waals surface area contributed by atoms with E-state index in [1.165, 1.54) is 25.7 Å². The maximum absolute atomic E-state index is 3.91. The summed E-state index contributed by atoms with van der Waals surface area (Å²) in [5, 5.41) is 10.2. The summed E-state index contributed by atoms with van der Waals surface area (Å²) in [4.78, 5) is 0. The van der Waals surface area contributed by atoms with Crippen LogP contribution in [0.1, 0.15) is 39.5 Å². The summed E-state index contributed by atoms with van der Waals surface area (Å²) in [5.74, 6) is 0. The lowest BCUT2D eigenvalue weighted by atomic mass is 10.1. The van der Waals surface area contributed by atoms with Crippen molar-refractivity contribution < 1.29 is 0 Å². The molecule has 2 N–H and O–H groups in total. The van der Waals surface area contributed by atoms with Gasteiger partial charge in [-0.1, -0.05) is 26.7 Å². The zero-order valence-electron chi connectivity index (χ0n) is 8.51. The average molecular weight is 181 g/mol. The van der Waals surface area contributed by atoms with Gasteiger partial charge in [0.15, 0.2) is 0 Å². The third-order valence-corrected chi connectivity index (χ3v) is 2.14. The lowest BCUT2D eigenvalue weighted by Gasteiger charge is -2.16. The van der Waals surface area contributed by atoms with Crippen molar-refractivity contribution in [1.82, 2.24) is 10.2 Å². The number of H-pyrrole nitrogens is 1. The van der Waals surface area contributed by atoms with Crippen molar-refractivity contribution in [2.24, 2.45) is 0 Å². The highest BCUT2D eigenvalue weighted by molar-refractivity contribution is 5.38. The maximum atomic E-state index is 3.91. The second-order valence-electron chi connectivity index (χ2n) is 3.41. The fourth-order valence-corrected chi connectivity index (χ4v) is 1.55. The van der Waals surface area contributed by atoms with Crippen LogP contribution in [0.5, 0.6) is 0 Å². The van der Waals surface area contributed by atoms with E-state index in [1.807, 2.05) is 12.4 Å². The molecule has 1 heterocycles. The molecule has 3 heteroatoms. The highest BCUT2D eigenvalue weighted by atomic mass is 15.1. The summed E-state index contributed by atoms with van der Waals surface area (Å²) in [6.07, 6.45) is 8.67. The number of hydrogen-bond donors (Lipinski definition) is 2. The normalized spacial score (nSPS) is 10.7. The van der Waals surface area contributed by atoms with E-state index in [9.17, 15) is 0 Å². The maximum Gasteiger partial charge on any atom is 0.0725 e. The van der Waals surface area contributed by atoms with Gasteiger partial charge >= 0.3 is 0 Å². The largest absolute Gasteiger partial charge is 0.380 e. The molecule has 0 aromatic carbocycles. The summed E-state index contributed by atoms with van der Waals surface area (Å²) < 4.78 is 0. The van der Waals surface area contributed by atoms with E-state index >= 15 is 0 Å². The third-order valence-electron chi connectivity index (χ3n) is 2.14. The van der Waals surface area contributed by atoms with Crippen LogP contribution >= 0.6 is 0 Å². The number of aromatic amines is 1. The number of nitrogens with one attached hydrogen (secondary N) is 2. The van der Waals surface area contributed by atoms with Crippen LogP contribution in [0, 0.1) is 0 Å². The van der Waals surface area contributed by atoms with E-state index in [1.54, 1.807) is 0 Å². The van der Waals surface area contributed by atoms with E-state index in [0.29, 0.717) is 6.04 Å². The molecule has 0 amide bonds. The van der Waals surface area contributed by atoms with Gasteiger partial charge < -0.3 is 5.32 Å². The van der Waals surface area contributed by atoms with Crippen molar-refractivity contribution in [2.45, 2.75) is 45.6 Å². The van der Waals surface area contributed by atoms with Gasteiger partial charge in [0, 0.05) is 12.2 Å². The van der Waals surface area contributed by atoms with Crippen molar-refractivity contribution in [2.75, 3.05) is 5.32 Å². The molecule has 0 saturated heterocycles. The van der Waals surface area contributed by atoms with Crippen LogP contribution in [0.2, 0.25) is 0 Å². The van der Waals surface area contributed by atoms with E-state index in [-0.39, 0.29) is 0 Å². The van der Waals surface area contributed by atoms with Gasteiger partial charge in [-0.15, -0.1) is 0 Å². The van der Waals surface area contributed by atoms with Crippen LogP contribution in [0.25, 0.3) is 0 Å². The van der Waals surface area contributed by atoms with Gasteiger partial charge in [-0.25, -0.2) is 0 Å². The van der Waals surface area contributed by atoms with E-state index in [2.05, 4.69) is 29.4 Å². The SMILES string of the molecule is CCCC(CCC)Nc1cn[nH]c1. The first-order valence-corrected chi connectivity index (χ1v) is 5.12. The molecule has 0 aliphatic heterocycles. The topological polar surface area (TPSA) is 40.7 Å². The highest BCUT2D eigenvalue weighted by Crippen LogP contribution is 2.12. The van der Waals surface area contributed by atoms with E-state index in [0.717, 1.165) is 5.69 Å². The number of aromatic nitrogens is 2. The van der Waals surface area contributed by atoms with Crippen molar-refractivity contribution >= 4 is 5.69 Å². The van der Waals surface area contributed by atoms with Crippen LogP contribution in [0.3, 0.4) is 0 Å². The summed E-state index contributed by atoms with van der Waals surface area (Å²) in [6.45, 7) is 4.44. The smallest absolute Gasteiger partial charge is 0.0725 e. The van der Waals surface area contributed by atoms with Gasteiger partial charge in [0.2, 0.25) is 0 Å². The Morgan fingerprint density at radius 2 is 2.08 bits per heavy atom. The zero-order chi connectivity index (χ0) is 9.52. The van der Waals surface area contributed by atoms with Crippen LogP contribution in [-0.2, 0) is 0 Å². The molecule has 13 heavy (non-hydrogen) atoms. The molecule has 1 rings (SSSR count). The van der Waals surface area contributed by atoms with Gasteiger partial charge in [-0.3, -0.25) is 5.10 Å². The van der Waals surface area contributed by atoms with Gasteiger partial charge in [-0.05, 0) is 12.8 Å². The zero-order valence-corrected chi connectivity index (χ0v) is 8.51. The summed E-state index contributed by atoms with van der Waals surface area (Å²) in [6, 6.07) is 0.604. The third kappa shape index (κ3) is 3.49. The molecule has 0 unspecified atom stereocenters. The summed E-state index contributed by atoms with van der Waals surface area (Å²) in [5.41, 5.74) is 1.10. The molecule has 0 atom stereocenters. The van der Waals surface area contributed by atoms with Crippen LogP contribution in [-0.4, -0.2) is 16.2 Å². The molecule has 0 aliphatic rings. The second-order valence-corrected chi connectivity index (χ2v) is 3.41. The Hall–Kier alpha value is -0.990. The lowest BCUT2D eigenvalue weighted by Crippen LogP contribution is -2.18. The monoisotopic (exact) mass is 181 g/mol. The Labute approximate surface area is 79.9 Å². The Kier molecular flexibility index (Phi) is 4.36. The molecule has 0 aliphatic carbocycles. The number of hydrogen-bond acceptors (Lipinski definition) is 2. The molecule has 0 saturated carbocycles. The minimum Gasteiger partial charge on any atom is -0.380 e. The molecule has 0 radical (unpaired) electrons. The number of nitrogens with zero attached hydrogens (tertiary/aromatic N) is 1. The van der Waals surface area contributed by atoms with Crippen molar-refractivity contribution in [3.63, 3.8) is 0 Å². The first-order chi connectivity index (χ1) is 6.36. The van der Waals surface area contributed by atoms with Crippen molar-refractivity contribution in [3.05, 3.63) is 12.4 Å². The Bertz CT molecular complexity index is 200. The lowest BCUT2D eigenvalue weighted by molar-refractivity contribution is 0.586. The van der Waals surface area contributed by atoms with Crippen molar-refractivity contribution in [3.8, 4) is 0 Å². The summed E-state index contributed by atoms with van der Waals surface area (Å²) >= 11 is 0. The minimum atomic E-state index is 0.604. The molecule has 0 fully saturated rings. The molecular weight excluding hydrogens is 162 g/mol. The predicted octanol–water partition coefficient (Wildman–Crippen LogP) is 2.79. The van der Waals surface area contributed by atoms with E-state index < -0.39 is 0 Å². The molecule has 1 aromatic heterocycles. The average Bonchev–Trinajstić information content (AvgIpc) is 2.58.